The summed E-state index contributed by atoms with van der Waals surface area (Å²) in [5, 5.41) is 0.430. The van der Waals surface area contributed by atoms with Gasteiger partial charge in [0, 0.05) is 39.0 Å². The number of hydrogen-bond acceptors (Lipinski definition) is 4. The van der Waals surface area contributed by atoms with E-state index in [1.54, 1.807) is 0 Å². The Morgan fingerprint density at radius 3 is 2.11 bits per heavy atom. The van der Waals surface area contributed by atoms with Gasteiger partial charge in [0.25, 0.3) is 0 Å². The topological polar surface area (TPSA) is 13.0 Å². The van der Waals surface area contributed by atoms with Crippen molar-refractivity contribution in [2.75, 3.05) is 26.2 Å². The van der Waals surface area contributed by atoms with Crippen LogP contribution in [-0.2, 0) is 0 Å². The molecule has 0 aromatic carbocycles. The number of nitrogens with zero attached hydrogens (tertiary/aromatic N) is 4. The molecule has 0 aromatic rings. The summed E-state index contributed by atoms with van der Waals surface area (Å²) in [6.45, 7) is 17.7. The lowest BCUT2D eigenvalue weighted by atomic mass is 10.1. The van der Waals surface area contributed by atoms with Crippen molar-refractivity contribution in [3.05, 3.63) is 0 Å². The van der Waals surface area contributed by atoms with Crippen LogP contribution in [0.4, 0.5) is 0 Å². The average Bonchev–Trinajstić information content (AvgIpc) is 2.22. The summed E-state index contributed by atoms with van der Waals surface area (Å²) in [6, 6.07) is 2.05. The SMILES string of the molecule is CC(C)N1CN2CN(C(C)C)C23CN(C(C)C)P3C1. The molecule has 110 valence electrons. The zero-order valence-corrected chi connectivity index (χ0v) is 14.2. The van der Waals surface area contributed by atoms with Crippen LogP contribution in [0.3, 0.4) is 0 Å². The maximum absolute atomic E-state index is 2.76. The molecule has 0 saturated carbocycles. The largest absolute Gasteiger partial charge is 0.282 e. The Labute approximate surface area is 119 Å². The minimum atomic E-state index is -0.0422. The van der Waals surface area contributed by atoms with Crippen molar-refractivity contribution < 1.29 is 0 Å². The predicted octanol–water partition coefficient (Wildman–Crippen LogP) is 2.38. The van der Waals surface area contributed by atoms with Crippen LogP contribution in [-0.4, -0.2) is 69.1 Å². The Bertz CT molecular complexity index is 359. The van der Waals surface area contributed by atoms with E-state index in [1.165, 1.54) is 26.2 Å². The van der Waals surface area contributed by atoms with Gasteiger partial charge in [-0.3, -0.25) is 19.4 Å². The molecule has 0 radical (unpaired) electrons. The van der Waals surface area contributed by atoms with Gasteiger partial charge in [0.1, 0.15) is 5.40 Å². The van der Waals surface area contributed by atoms with Gasteiger partial charge >= 0.3 is 0 Å². The molecule has 2 unspecified atom stereocenters. The van der Waals surface area contributed by atoms with Gasteiger partial charge in [0.2, 0.25) is 0 Å². The highest BCUT2D eigenvalue weighted by Crippen LogP contribution is 2.71. The summed E-state index contributed by atoms with van der Waals surface area (Å²) >= 11 is 0. The normalized spacial score (nSPS) is 37.4. The minimum absolute atomic E-state index is 0.0422. The molecule has 1 spiro atoms. The number of rotatable bonds is 3. The third-order valence-electron chi connectivity index (χ3n) is 5.00. The number of hydrogen-bond donors (Lipinski definition) is 0. The molecule has 0 bridgehead atoms. The van der Waals surface area contributed by atoms with E-state index in [0.717, 1.165) is 0 Å². The molecule has 3 fully saturated rings. The lowest BCUT2D eigenvalue weighted by molar-refractivity contribution is -0.209. The second-order valence-electron chi connectivity index (χ2n) is 7.08. The lowest BCUT2D eigenvalue weighted by Crippen LogP contribution is -2.86. The van der Waals surface area contributed by atoms with E-state index in [9.17, 15) is 0 Å². The smallest absolute Gasteiger partial charge is 0.125 e. The summed E-state index contributed by atoms with van der Waals surface area (Å²) in [5.41, 5.74) is 0. The van der Waals surface area contributed by atoms with E-state index in [2.05, 4.69) is 60.9 Å². The van der Waals surface area contributed by atoms with Gasteiger partial charge in [-0.05, 0) is 41.5 Å². The fraction of sp³-hybridized carbons (Fsp3) is 1.00. The van der Waals surface area contributed by atoms with Crippen LogP contribution in [0.25, 0.3) is 0 Å². The molecule has 4 nitrogen and oxygen atoms in total. The second-order valence-corrected chi connectivity index (χ2v) is 9.39. The highest BCUT2D eigenvalue weighted by molar-refractivity contribution is 7.58. The predicted molar refractivity (Wildman–Crippen MR) is 81.9 cm³/mol. The lowest BCUT2D eigenvalue weighted by Gasteiger charge is -2.77. The van der Waals surface area contributed by atoms with Crippen LogP contribution >= 0.6 is 8.07 Å². The molecular weight excluding hydrogens is 255 g/mol. The standard InChI is InChI=1S/C14H29N4P/c1-11(2)15-8-16-9-17(12(3)4)14(16)7-18(13(5)6)19(14)10-15/h11-13H,7-10H2,1-6H3. The van der Waals surface area contributed by atoms with Crippen molar-refractivity contribution >= 4 is 8.07 Å². The fourth-order valence-corrected chi connectivity index (χ4v) is 7.29. The van der Waals surface area contributed by atoms with Crippen molar-refractivity contribution in [1.29, 1.82) is 0 Å². The molecule has 3 aliphatic rings. The molecule has 0 aromatic heterocycles. The highest BCUT2D eigenvalue weighted by Gasteiger charge is 2.68. The summed E-state index contributed by atoms with van der Waals surface area (Å²) in [6.07, 6.45) is 1.30. The molecule has 3 aliphatic heterocycles. The molecule has 3 rings (SSSR count). The molecule has 0 aliphatic carbocycles. The van der Waals surface area contributed by atoms with Crippen LogP contribution in [0.15, 0.2) is 0 Å². The maximum atomic E-state index is 2.76. The molecule has 3 saturated heterocycles. The molecule has 5 heteroatoms. The summed E-state index contributed by atoms with van der Waals surface area (Å²) in [4.78, 5) is 8.15. The Morgan fingerprint density at radius 1 is 0.895 bits per heavy atom. The Hall–Kier alpha value is 0.270. The summed E-state index contributed by atoms with van der Waals surface area (Å²) in [7, 11) is -0.0422. The zero-order chi connectivity index (χ0) is 13.9. The van der Waals surface area contributed by atoms with Crippen molar-refractivity contribution in [1.82, 2.24) is 19.4 Å². The Kier molecular flexibility index (Phi) is 3.47. The van der Waals surface area contributed by atoms with E-state index in [4.69, 9.17) is 0 Å². The monoisotopic (exact) mass is 284 g/mol. The molecular formula is C14H29N4P. The first-order valence-electron chi connectivity index (χ1n) is 7.68. The van der Waals surface area contributed by atoms with E-state index >= 15 is 0 Å². The van der Waals surface area contributed by atoms with Gasteiger partial charge in [-0.15, -0.1) is 0 Å². The second kappa shape index (κ2) is 4.64. The van der Waals surface area contributed by atoms with Gasteiger partial charge in [0.15, 0.2) is 0 Å². The van der Waals surface area contributed by atoms with Gasteiger partial charge < -0.3 is 0 Å². The van der Waals surface area contributed by atoms with Gasteiger partial charge in [-0.25, -0.2) is 0 Å². The zero-order valence-electron chi connectivity index (χ0n) is 13.3. The summed E-state index contributed by atoms with van der Waals surface area (Å²) in [5.74, 6) is 0. The van der Waals surface area contributed by atoms with Crippen molar-refractivity contribution in [2.45, 2.75) is 65.1 Å². The van der Waals surface area contributed by atoms with Crippen molar-refractivity contribution in [2.24, 2.45) is 0 Å². The van der Waals surface area contributed by atoms with Crippen LogP contribution < -0.4 is 0 Å². The first-order chi connectivity index (χ1) is 8.87. The van der Waals surface area contributed by atoms with Crippen molar-refractivity contribution in [3.63, 3.8) is 0 Å². The first kappa shape index (κ1) is 14.2. The van der Waals surface area contributed by atoms with Crippen molar-refractivity contribution in [3.8, 4) is 0 Å². The first-order valence-corrected chi connectivity index (χ1v) is 9.16. The van der Waals surface area contributed by atoms with Crippen LogP contribution in [0.2, 0.25) is 0 Å². The third-order valence-corrected chi connectivity index (χ3v) is 8.37. The van der Waals surface area contributed by atoms with Crippen LogP contribution in [0.1, 0.15) is 41.5 Å². The highest BCUT2D eigenvalue weighted by atomic mass is 31.1. The van der Waals surface area contributed by atoms with E-state index < -0.39 is 0 Å². The Balaban J connectivity index is 1.82. The van der Waals surface area contributed by atoms with Crippen LogP contribution in [0, 0.1) is 0 Å². The van der Waals surface area contributed by atoms with E-state index in [1.807, 2.05) is 0 Å². The molecule has 3 heterocycles. The van der Waals surface area contributed by atoms with Gasteiger partial charge in [-0.1, -0.05) is 0 Å². The minimum Gasteiger partial charge on any atom is -0.282 e. The maximum Gasteiger partial charge on any atom is 0.125 e. The molecule has 0 N–H and O–H groups in total. The summed E-state index contributed by atoms with van der Waals surface area (Å²) < 4.78 is 2.76. The van der Waals surface area contributed by atoms with Gasteiger partial charge in [-0.2, -0.15) is 0 Å². The third kappa shape index (κ3) is 1.84. The fourth-order valence-electron chi connectivity index (χ4n) is 3.68. The molecule has 19 heavy (non-hydrogen) atoms. The average molecular weight is 284 g/mol. The Morgan fingerprint density at radius 2 is 1.58 bits per heavy atom. The van der Waals surface area contributed by atoms with E-state index in [0.29, 0.717) is 23.5 Å². The molecule has 0 amide bonds. The van der Waals surface area contributed by atoms with E-state index in [-0.39, 0.29) is 8.07 Å². The van der Waals surface area contributed by atoms with Crippen LogP contribution in [0.5, 0.6) is 0 Å². The molecule has 2 atom stereocenters. The quantitative estimate of drug-likeness (QED) is 0.738. The van der Waals surface area contributed by atoms with Gasteiger partial charge in [0.05, 0.1) is 13.3 Å².